The highest BCUT2D eigenvalue weighted by molar-refractivity contribution is 5.75. The van der Waals surface area contributed by atoms with Gasteiger partial charge in [-0.05, 0) is 18.1 Å². The van der Waals surface area contributed by atoms with E-state index in [0.717, 1.165) is 32.7 Å². The van der Waals surface area contributed by atoms with Crippen LogP contribution in [0.5, 0.6) is 0 Å². The van der Waals surface area contributed by atoms with Gasteiger partial charge in [0.1, 0.15) is 12.9 Å². The second-order valence-electron chi connectivity index (χ2n) is 6.79. The summed E-state index contributed by atoms with van der Waals surface area (Å²) in [7, 11) is 0. The first-order valence-corrected chi connectivity index (χ1v) is 8.43. The Hall–Kier alpha value is -2.34. The van der Waals surface area contributed by atoms with Crippen molar-refractivity contribution in [3.05, 3.63) is 42.3 Å². The molecule has 1 aromatic carbocycles. The number of aromatic nitrogens is 1. The van der Waals surface area contributed by atoms with E-state index in [4.69, 9.17) is 9.15 Å². The predicted molar refractivity (Wildman–Crippen MR) is 91.7 cm³/mol. The van der Waals surface area contributed by atoms with Crippen molar-refractivity contribution in [2.75, 3.05) is 42.8 Å². The van der Waals surface area contributed by atoms with Gasteiger partial charge in [0.05, 0.1) is 25.5 Å². The average Bonchev–Trinajstić information content (AvgIpc) is 3.17. The third-order valence-electron chi connectivity index (χ3n) is 5.39. The molecular weight excluding hydrogens is 304 g/mol. The Morgan fingerprint density at radius 3 is 3.12 bits per heavy atom. The number of oxazole rings is 1. The maximum Gasteiger partial charge on any atom is 0.298 e. The lowest BCUT2D eigenvalue weighted by atomic mass is 9.71. The molecule has 0 bridgehead atoms. The summed E-state index contributed by atoms with van der Waals surface area (Å²) in [6, 6.07) is 9.65. The molecule has 0 radical (unpaired) electrons. The van der Waals surface area contributed by atoms with Crippen molar-refractivity contribution in [2.45, 2.75) is 12.5 Å². The minimum absolute atomic E-state index is 0.0819. The molecule has 6 nitrogen and oxygen atoms in total. The Balaban J connectivity index is 1.57. The smallest absolute Gasteiger partial charge is 0.298 e. The van der Waals surface area contributed by atoms with Gasteiger partial charge in [-0.1, -0.05) is 18.2 Å². The first kappa shape index (κ1) is 14.0. The van der Waals surface area contributed by atoms with Crippen LogP contribution in [0.15, 0.2) is 46.1 Å². The summed E-state index contributed by atoms with van der Waals surface area (Å²) in [6.07, 6.45) is 6.43. The Kier molecular flexibility index (Phi) is 3.13. The maximum absolute atomic E-state index is 5.85. The van der Waals surface area contributed by atoms with Gasteiger partial charge in [0.15, 0.2) is 0 Å². The summed E-state index contributed by atoms with van der Waals surface area (Å²) in [4.78, 5) is 13.6. The zero-order chi connectivity index (χ0) is 16.0. The standard InChI is InChI=1S/C18H20N4O2/c1-2-4-15-14(3-1)9-18(16-10-23-8-6-22(15)16)11-19-13-21(12-18)17-20-5-7-24-17/h1-5,7,11,16H,6,8-10,12-13H2. The van der Waals surface area contributed by atoms with Gasteiger partial charge in [0, 0.05) is 30.4 Å². The molecule has 2 atom stereocenters. The number of hydrogen-bond donors (Lipinski definition) is 0. The molecule has 6 heteroatoms. The summed E-state index contributed by atoms with van der Waals surface area (Å²) >= 11 is 0. The number of anilines is 2. The van der Waals surface area contributed by atoms with Crippen LogP contribution < -0.4 is 9.80 Å². The summed E-state index contributed by atoms with van der Waals surface area (Å²) in [5.74, 6) is 0. The molecule has 1 fully saturated rings. The molecule has 0 aliphatic carbocycles. The first-order valence-electron chi connectivity index (χ1n) is 8.43. The van der Waals surface area contributed by atoms with E-state index in [9.17, 15) is 0 Å². The molecule has 3 aliphatic rings. The minimum atomic E-state index is -0.0819. The number of ether oxygens (including phenoxy) is 1. The van der Waals surface area contributed by atoms with E-state index in [1.165, 1.54) is 11.3 Å². The van der Waals surface area contributed by atoms with Crippen molar-refractivity contribution < 1.29 is 9.15 Å². The molecule has 1 spiro atoms. The normalized spacial score (nSPS) is 28.8. The van der Waals surface area contributed by atoms with Gasteiger partial charge in [-0.25, -0.2) is 4.98 Å². The Morgan fingerprint density at radius 1 is 1.25 bits per heavy atom. The molecule has 0 saturated carbocycles. The fourth-order valence-electron chi connectivity index (χ4n) is 4.34. The number of morpholine rings is 1. The van der Waals surface area contributed by atoms with Crippen molar-refractivity contribution >= 4 is 17.9 Å². The number of hydrogen-bond acceptors (Lipinski definition) is 6. The van der Waals surface area contributed by atoms with E-state index in [1.807, 2.05) is 0 Å². The zero-order valence-corrected chi connectivity index (χ0v) is 13.5. The van der Waals surface area contributed by atoms with Gasteiger partial charge in [0.25, 0.3) is 6.01 Å². The summed E-state index contributed by atoms with van der Waals surface area (Å²) < 4.78 is 11.4. The van der Waals surface area contributed by atoms with Crippen molar-refractivity contribution in [3.63, 3.8) is 0 Å². The number of benzene rings is 1. The SMILES string of the molecule is C1=NCN(c2ncco2)CC12Cc1ccccc1N1CCOCC12. The number of para-hydroxylation sites is 1. The predicted octanol–water partition coefficient (Wildman–Crippen LogP) is 1.97. The molecule has 5 rings (SSSR count). The van der Waals surface area contributed by atoms with Crippen molar-refractivity contribution in [1.82, 2.24) is 4.98 Å². The molecular formula is C18H20N4O2. The summed E-state index contributed by atoms with van der Waals surface area (Å²) in [5.41, 5.74) is 2.65. The van der Waals surface area contributed by atoms with Crippen LogP contribution in [0.25, 0.3) is 0 Å². The van der Waals surface area contributed by atoms with Crippen LogP contribution in [-0.2, 0) is 11.2 Å². The molecule has 1 saturated heterocycles. The molecule has 4 heterocycles. The molecule has 124 valence electrons. The lowest BCUT2D eigenvalue weighted by Crippen LogP contribution is -2.63. The fraction of sp³-hybridized carbons (Fsp3) is 0.444. The van der Waals surface area contributed by atoms with Crippen LogP contribution in [0, 0.1) is 5.41 Å². The second kappa shape index (κ2) is 5.34. The van der Waals surface area contributed by atoms with Gasteiger partial charge < -0.3 is 19.0 Å². The van der Waals surface area contributed by atoms with E-state index in [2.05, 4.69) is 50.3 Å². The van der Waals surface area contributed by atoms with Crippen LogP contribution in [0.1, 0.15) is 5.56 Å². The molecule has 0 amide bonds. The van der Waals surface area contributed by atoms with Crippen LogP contribution in [-0.4, -0.2) is 50.2 Å². The van der Waals surface area contributed by atoms with Crippen LogP contribution in [0.2, 0.25) is 0 Å². The van der Waals surface area contributed by atoms with Crippen LogP contribution in [0.4, 0.5) is 11.7 Å². The van der Waals surface area contributed by atoms with E-state index < -0.39 is 0 Å². The topological polar surface area (TPSA) is 54.1 Å². The van der Waals surface area contributed by atoms with Crippen molar-refractivity contribution in [3.8, 4) is 0 Å². The van der Waals surface area contributed by atoms with E-state index in [-0.39, 0.29) is 5.41 Å². The fourth-order valence-corrected chi connectivity index (χ4v) is 4.34. The Morgan fingerprint density at radius 2 is 2.21 bits per heavy atom. The second-order valence-corrected chi connectivity index (χ2v) is 6.79. The lowest BCUT2D eigenvalue weighted by Gasteiger charge is -2.53. The average molecular weight is 324 g/mol. The largest absolute Gasteiger partial charge is 0.432 e. The molecule has 2 unspecified atom stereocenters. The number of aliphatic imine (C=N–C) groups is 1. The highest BCUT2D eigenvalue weighted by Crippen LogP contribution is 2.43. The summed E-state index contributed by atoms with van der Waals surface area (Å²) in [5, 5.41) is 0. The van der Waals surface area contributed by atoms with E-state index in [0.29, 0.717) is 18.7 Å². The summed E-state index contributed by atoms with van der Waals surface area (Å²) in [6.45, 7) is 3.88. The van der Waals surface area contributed by atoms with Gasteiger partial charge in [-0.15, -0.1) is 0 Å². The first-order chi connectivity index (χ1) is 11.9. The Labute approximate surface area is 140 Å². The molecule has 1 aromatic heterocycles. The minimum Gasteiger partial charge on any atom is -0.432 e. The van der Waals surface area contributed by atoms with Gasteiger partial charge in [-0.3, -0.25) is 4.99 Å². The molecule has 24 heavy (non-hydrogen) atoms. The zero-order valence-electron chi connectivity index (χ0n) is 13.5. The monoisotopic (exact) mass is 324 g/mol. The lowest BCUT2D eigenvalue weighted by molar-refractivity contribution is 0.0599. The maximum atomic E-state index is 5.85. The van der Waals surface area contributed by atoms with Gasteiger partial charge >= 0.3 is 0 Å². The molecule has 3 aliphatic heterocycles. The van der Waals surface area contributed by atoms with Crippen molar-refractivity contribution in [1.29, 1.82) is 0 Å². The van der Waals surface area contributed by atoms with E-state index >= 15 is 0 Å². The highest BCUT2D eigenvalue weighted by atomic mass is 16.5. The van der Waals surface area contributed by atoms with Gasteiger partial charge in [0.2, 0.25) is 0 Å². The van der Waals surface area contributed by atoms with Gasteiger partial charge in [-0.2, -0.15) is 0 Å². The number of rotatable bonds is 1. The third-order valence-corrected chi connectivity index (χ3v) is 5.39. The molecule has 2 aromatic rings. The van der Waals surface area contributed by atoms with Crippen LogP contribution in [0.3, 0.4) is 0 Å². The van der Waals surface area contributed by atoms with E-state index in [1.54, 1.807) is 12.5 Å². The van der Waals surface area contributed by atoms with Crippen molar-refractivity contribution in [2.24, 2.45) is 10.4 Å². The quantitative estimate of drug-likeness (QED) is 0.803. The Bertz CT molecular complexity index is 760. The third kappa shape index (κ3) is 2.06. The van der Waals surface area contributed by atoms with Crippen LogP contribution >= 0.6 is 0 Å². The number of fused-ring (bicyclic) bond motifs is 4. The highest BCUT2D eigenvalue weighted by Gasteiger charge is 2.49. The number of nitrogens with zero attached hydrogens (tertiary/aromatic N) is 4. The molecule has 0 N–H and O–H groups in total.